The highest BCUT2D eigenvalue weighted by molar-refractivity contribution is 5.69. The van der Waals surface area contributed by atoms with Crippen molar-refractivity contribution in [3.8, 4) is 11.5 Å². The maximum Gasteiger partial charge on any atom is 0.233 e. The van der Waals surface area contributed by atoms with Crippen molar-refractivity contribution < 1.29 is 9.47 Å². The Balaban J connectivity index is 0.000000138. The van der Waals surface area contributed by atoms with Gasteiger partial charge in [0.15, 0.2) is 0 Å². The number of nitrogens with two attached hydrogens (primary N) is 1. The Morgan fingerprint density at radius 3 is 0.536 bits per heavy atom. The smallest absolute Gasteiger partial charge is 0.233 e. The number of benzene rings is 13. The highest BCUT2D eigenvalue weighted by Gasteiger charge is 2.17. The molecule has 0 unspecified atom stereocenters. The van der Waals surface area contributed by atoms with E-state index in [4.69, 9.17) is 15.2 Å². The number of ether oxygens (including phenoxy) is 2. The number of hydrogen-bond acceptors (Lipinski definition) is 32. The fourth-order valence-electron chi connectivity index (χ4n) is 13.3. The van der Waals surface area contributed by atoms with Gasteiger partial charge in [-0.3, -0.25) is 0 Å². The minimum atomic E-state index is 0.158. The number of rotatable bonds is 29. The Kier molecular flexibility index (Phi) is 32.9. The van der Waals surface area contributed by atoms with Gasteiger partial charge in [-0.2, -0.15) is 74.8 Å². The Morgan fingerprint density at radius 2 is 0.348 bits per heavy atom. The van der Waals surface area contributed by atoms with Crippen LogP contribution in [0.25, 0.3) is 0 Å². The fraction of sp³-hybridized carbons (Fsp3) is 0.123. The van der Waals surface area contributed by atoms with Gasteiger partial charge in [0.2, 0.25) is 89.2 Å². The third-order valence-electron chi connectivity index (χ3n) is 19.8. The largest absolute Gasteiger partial charge is 0.497 e. The van der Waals surface area contributed by atoms with Gasteiger partial charge in [-0.1, -0.05) is 151 Å². The fourth-order valence-corrected chi connectivity index (χ4v) is 13.3. The minimum absolute atomic E-state index is 0.158. The van der Waals surface area contributed by atoms with E-state index >= 15 is 0 Å². The lowest BCUT2D eigenvalue weighted by Crippen LogP contribution is -2.15. The summed E-state index contributed by atoms with van der Waals surface area (Å²) in [5.41, 5.74) is 27.9. The Hall–Kier alpha value is -18.5. The number of aromatic nitrogens is 15. The van der Waals surface area contributed by atoms with Gasteiger partial charge in [-0.05, 0) is 289 Å². The van der Waals surface area contributed by atoms with E-state index in [9.17, 15) is 0 Å². The number of nitrogen functional groups attached to an aromatic ring is 1. The highest BCUT2D eigenvalue weighted by Crippen LogP contribution is 2.31. The van der Waals surface area contributed by atoms with Crippen LogP contribution >= 0.6 is 0 Å². The Labute approximate surface area is 802 Å². The van der Waals surface area contributed by atoms with Crippen molar-refractivity contribution in [1.82, 2.24) is 74.8 Å². The van der Waals surface area contributed by atoms with Crippen molar-refractivity contribution in [2.24, 2.45) is 0 Å². The van der Waals surface area contributed by atoms with Crippen molar-refractivity contribution in [2.75, 3.05) is 108 Å². The normalized spacial score (nSPS) is 10.4. The molecule has 32 heteroatoms. The van der Waals surface area contributed by atoms with Gasteiger partial charge in [0.05, 0.1) is 14.2 Å². The molecular weight excluding hydrogens is 1730 g/mol. The molecule has 0 fully saturated rings. The second kappa shape index (κ2) is 47.6. The number of anilines is 28. The molecule has 5 heterocycles. The number of nitrogens with one attached hydrogen (secondary N) is 13. The van der Waals surface area contributed by atoms with Crippen LogP contribution in [-0.4, -0.2) is 103 Å². The summed E-state index contributed by atoms with van der Waals surface area (Å²) in [4.78, 5) is 68.6. The molecule has 13 aromatic carbocycles. The molecule has 0 saturated carbocycles. The molecule has 5 aromatic heterocycles. The summed E-state index contributed by atoms with van der Waals surface area (Å²) in [5.74, 6) is 8.06. The van der Waals surface area contributed by atoms with Crippen LogP contribution in [0.5, 0.6) is 11.5 Å². The third kappa shape index (κ3) is 30.8. The molecule has 0 atom stereocenters. The lowest BCUT2D eigenvalue weighted by Gasteiger charge is -2.14. The summed E-state index contributed by atoms with van der Waals surface area (Å²) in [6.07, 6.45) is 0. The van der Waals surface area contributed by atoms with Gasteiger partial charge < -0.3 is 89.2 Å². The molecule has 0 aliphatic carbocycles. The Morgan fingerprint density at radius 1 is 0.181 bits per heavy atom. The molecule has 15 N–H and O–H groups in total. The standard InChI is InChI=1S/C24H24N6O.C24H24N6.C22H20N6O.C19H22N6.C17H18N6/c1-16-6-4-8-19(14-16)26-23-28-22(25-18-10-12-21(31-3)13-11-18)29-24(30-23)27-20-9-5-7-17(2)15-20;1-16-10-12-19(13-11-16)25-22-28-23(26-20-8-4-6-17(2)14-20)30-24(29-22)27-21-9-5-7-18(3)15-21;1-29-19-14-12-18(13-15-19)25-22-27-20(23-16-8-4-2-5-9-16)26-21(28-22)24-17-10-6-3-7-11-17;1-13-7-5-9-15(11-13)20-17-22-18(24-19(23-17)25(3)4)21-16-10-6-8-14(2)12-16;1-11-5-3-7-13(9-11)19-16-21-15(18)22-17(23-16)20-14-8-4-6-12(2)10-14/h4-15H,1-3H3,(H3,25,26,27,28,29,30);4-15H,1-3H3,(H3,25,26,27,28,29,30);2-15H,1H3,(H3,23,24,25,26,27,28);5-12H,1-4H3,(H2,20,21,22,23,24);3-10H,1-2H3,(H4,18,19,20,21,22,23). The minimum Gasteiger partial charge on any atom is -0.497 e. The molecule has 0 bridgehead atoms. The number of hydrogen-bond donors (Lipinski definition) is 14. The summed E-state index contributed by atoms with van der Waals surface area (Å²) < 4.78 is 10.4. The number of aryl methyl sites for hydroxylation is 9. The van der Waals surface area contributed by atoms with Crippen molar-refractivity contribution in [3.05, 3.63) is 378 Å². The molecule has 18 aromatic rings. The van der Waals surface area contributed by atoms with Crippen molar-refractivity contribution in [2.45, 2.75) is 62.3 Å². The molecule has 0 aliphatic heterocycles. The van der Waals surface area contributed by atoms with Crippen molar-refractivity contribution in [1.29, 1.82) is 0 Å². The molecule has 138 heavy (non-hydrogen) atoms. The third-order valence-corrected chi connectivity index (χ3v) is 19.8. The van der Waals surface area contributed by atoms with E-state index in [1.54, 1.807) is 14.2 Å². The lowest BCUT2D eigenvalue weighted by atomic mass is 10.2. The average molecular weight is 1830 g/mol. The van der Waals surface area contributed by atoms with Crippen LogP contribution in [0.4, 0.5) is 163 Å². The predicted octanol–water partition coefficient (Wildman–Crippen LogP) is 24.5. The maximum absolute atomic E-state index is 5.78. The lowest BCUT2D eigenvalue weighted by molar-refractivity contribution is 0.415. The molecule has 694 valence electrons. The first-order valence-corrected chi connectivity index (χ1v) is 44.2. The second-order valence-corrected chi connectivity index (χ2v) is 32.1. The molecule has 32 nitrogen and oxygen atoms in total. The Bertz CT molecular complexity index is 6710. The topological polar surface area (TPSA) is 397 Å². The molecule has 0 spiro atoms. The van der Waals surface area contributed by atoms with E-state index in [0.717, 1.165) is 119 Å². The zero-order chi connectivity index (χ0) is 96.5. The molecule has 0 saturated heterocycles. The van der Waals surface area contributed by atoms with Crippen molar-refractivity contribution in [3.63, 3.8) is 0 Å². The van der Waals surface area contributed by atoms with Crippen LogP contribution in [0, 0.1) is 62.3 Å². The van der Waals surface area contributed by atoms with E-state index in [1.165, 1.54) is 16.7 Å². The first kappa shape index (κ1) is 95.6. The van der Waals surface area contributed by atoms with Gasteiger partial charge in [0.25, 0.3) is 0 Å². The van der Waals surface area contributed by atoms with Gasteiger partial charge in [-0.25, -0.2) is 0 Å². The van der Waals surface area contributed by atoms with E-state index in [0.29, 0.717) is 83.3 Å². The van der Waals surface area contributed by atoms with E-state index < -0.39 is 0 Å². The van der Waals surface area contributed by atoms with Crippen molar-refractivity contribution >= 4 is 163 Å². The quantitative estimate of drug-likeness (QED) is 0.0207. The van der Waals surface area contributed by atoms with Gasteiger partial charge >= 0.3 is 0 Å². The second-order valence-electron chi connectivity index (χ2n) is 32.1. The molecule has 0 aliphatic rings. The predicted molar refractivity (Wildman–Crippen MR) is 560 cm³/mol. The monoisotopic (exact) mass is 1830 g/mol. The average Bonchev–Trinajstić information content (AvgIpc) is 0.852. The summed E-state index contributed by atoms with van der Waals surface area (Å²) in [6, 6.07) is 107. The first-order chi connectivity index (χ1) is 67.0. The zero-order valence-electron chi connectivity index (χ0n) is 78.7. The van der Waals surface area contributed by atoms with Crippen LogP contribution in [0.1, 0.15) is 50.1 Å². The summed E-state index contributed by atoms with van der Waals surface area (Å²) in [5, 5.41) is 42.0. The van der Waals surface area contributed by atoms with Crippen LogP contribution in [-0.2, 0) is 0 Å². The summed E-state index contributed by atoms with van der Waals surface area (Å²) >= 11 is 0. The van der Waals surface area contributed by atoms with E-state index in [-0.39, 0.29) is 5.95 Å². The van der Waals surface area contributed by atoms with E-state index in [2.05, 4.69) is 177 Å². The van der Waals surface area contributed by atoms with Gasteiger partial charge in [0, 0.05) is 88.0 Å². The zero-order valence-corrected chi connectivity index (χ0v) is 78.7. The number of methoxy groups -OCH3 is 2. The number of nitrogens with zero attached hydrogens (tertiary/aromatic N) is 16. The molecular formula is C106H108N30O2. The number of para-hydroxylation sites is 2. The van der Waals surface area contributed by atoms with Crippen LogP contribution in [0.2, 0.25) is 0 Å². The SMILES string of the molecule is COc1ccc(Nc2nc(Nc3cccc(C)c3)nc(Nc3cccc(C)c3)n2)cc1.COc1ccc(Nc2nc(Nc3ccccc3)nc(Nc3ccccc3)n2)cc1.Cc1ccc(Nc2nc(Nc3cccc(C)c3)nc(Nc3cccc(C)c3)n2)cc1.Cc1cccc(Nc2nc(N)nc(Nc3cccc(C)c3)n2)c1.Cc1cccc(Nc2nc(Nc3cccc(C)c3)nc(N(C)C)n2)c1. The maximum atomic E-state index is 5.78. The first-order valence-electron chi connectivity index (χ1n) is 44.2. The van der Waals surface area contributed by atoms with Crippen LogP contribution in [0.15, 0.2) is 328 Å². The van der Waals surface area contributed by atoms with E-state index in [1.807, 2.05) is 376 Å². The summed E-state index contributed by atoms with van der Waals surface area (Å²) in [7, 11) is 7.09. The van der Waals surface area contributed by atoms with Crippen LogP contribution < -0.4 is 89.2 Å². The van der Waals surface area contributed by atoms with Gasteiger partial charge in [0.1, 0.15) is 11.5 Å². The highest BCUT2D eigenvalue weighted by atomic mass is 16.5. The molecule has 0 radical (unpaired) electrons. The van der Waals surface area contributed by atoms with Gasteiger partial charge in [-0.15, -0.1) is 0 Å². The van der Waals surface area contributed by atoms with Crippen LogP contribution in [0.3, 0.4) is 0 Å². The summed E-state index contributed by atoms with van der Waals surface area (Å²) in [6.45, 7) is 18.4. The molecule has 0 amide bonds. The molecule has 18 rings (SSSR count).